The molecule has 0 atom stereocenters. The van der Waals surface area contributed by atoms with Crippen molar-refractivity contribution < 1.29 is 13.9 Å². The number of carbonyl (C=O) groups excluding carboxylic acids is 1. The van der Waals surface area contributed by atoms with Crippen LogP contribution in [0.1, 0.15) is 5.56 Å². The number of rotatable bonds is 4. The van der Waals surface area contributed by atoms with Gasteiger partial charge in [0.25, 0.3) is 0 Å². The number of methoxy groups -OCH3 is 1. The molecule has 0 aliphatic heterocycles. The number of anilines is 1. The predicted octanol–water partition coefficient (Wildman–Crippen LogP) is 4.25. The molecule has 0 saturated heterocycles. The summed E-state index contributed by atoms with van der Waals surface area (Å²) in [5, 5.41) is 2.59. The first-order chi connectivity index (χ1) is 10.1. The Morgan fingerprint density at radius 2 is 1.95 bits per heavy atom. The van der Waals surface area contributed by atoms with E-state index in [0.29, 0.717) is 10.2 Å². The Bertz CT molecular complexity index is 668. The van der Waals surface area contributed by atoms with Crippen LogP contribution >= 0.6 is 15.9 Å². The van der Waals surface area contributed by atoms with Gasteiger partial charge in [0.05, 0.1) is 11.6 Å². The van der Waals surface area contributed by atoms with Crippen molar-refractivity contribution in [1.82, 2.24) is 0 Å². The Kier molecular flexibility index (Phi) is 5.11. The molecule has 21 heavy (non-hydrogen) atoms. The van der Waals surface area contributed by atoms with E-state index in [4.69, 9.17) is 4.74 Å². The van der Waals surface area contributed by atoms with Gasteiger partial charge in [0.1, 0.15) is 11.6 Å². The SMILES string of the molecule is COc1ccc(C=CC(=O)Nc2ccc(Br)c(F)c2)cc1. The maximum atomic E-state index is 13.3. The summed E-state index contributed by atoms with van der Waals surface area (Å²) in [6.45, 7) is 0. The molecule has 3 nitrogen and oxygen atoms in total. The molecule has 0 fully saturated rings. The molecule has 0 saturated carbocycles. The summed E-state index contributed by atoms with van der Waals surface area (Å²) in [6.07, 6.45) is 3.06. The predicted molar refractivity (Wildman–Crippen MR) is 84.8 cm³/mol. The minimum absolute atomic E-state index is 0.326. The van der Waals surface area contributed by atoms with E-state index < -0.39 is 5.82 Å². The molecular weight excluding hydrogens is 337 g/mol. The van der Waals surface area contributed by atoms with Crippen LogP contribution in [0.5, 0.6) is 5.75 Å². The van der Waals surface area contributed by atoms with Crippen molar-refractivity contribution in [3.8, 4) is 5.75 Å². The zero-order chi connectivity index (χ0) is 15.2. The van der Waals surface area contributed by atoms with E-state index in [1.165, 1.54) is 18.2 Å². The summed E-state index contributed by atoms with van der Waals surface area (Å²) in [5.41, 5.74) is 1.27. The van der Waals surface area contributed by atoms with Crippen LogP contribution in [0.3, 0.4) is 0 Å². The third-order valence-corrected chi connectivity index (χ3v) is 3.37. The second-order valence-corrected chi connectivity index (χ2v) is 5.08. The summed E-state index contributed by atoms with van der Waals surface area (Å²) >= 11 is 3.06. The number of ether oxygens (including phenoxy) is 1. The van der Waals surface area contributed by atoms with Crippen molar-refractivity contribution in [2.24, 2.45) is 0 Å². The molecule has 5 heteroatoms. The van der Waals surface area contributed by atoms with Crippen LogP contribution < -0.4 is 10.1 Å². The molecule has 0 radical (unpaired) electrons. The van der Waals surface area contributed by atoms with Gasteiger partial charge >= 0.3 is 0 Å². The molecule has 1 amide bonds. The molecule has 1 N–H and O–H groups in total. The Morgan fingerprint density at radius 3 is 2.57 bits per heavy atom. The van der Waals surface area contributed by atoms with E-state index in [1.54, 1.807) is 19.3 Å². The van der Waals surface area contributed by atoms with E-state index >= 15 is 0 Å². The Hall–Kier alpha value is -2.14. The van der Waals surface area contributed by atoms with Crippen molar-refractivity contribution in [2.75, 3.05) is 12.4 Å². The Balaban J connectivity index is 1.99. The molecular formula is C16H13BrFNO2. The molecule has 2 aromatic carbocycles. The van der Waals surface area contributed by atoms with Gasteiger partial charge in [-0.1, -0.05) is 12.1 Å². The first-order valence-electron chi connectivity index (χ1n) is 6.16. The van der Waals surface area contributed by atoms with Gasteiger partial charge in [0.2, 0.25) is 5.91 Å². The summed E-state index contributed by atoms with van der Waals surface area (Å²) < 4.78 is 18.7. The number of nitrogens with one attached hydrogen (secondary N) is 1. The highest BCUT2D eigenvalue weighted by atomic mass is 79.9. The molecule has 0 aromatic heterocycles. The second kappa shape index (κ2) is 7.04. The average Bonchev–Trinajstić information content (AvgIpc) is 2.49. The summed E-state index contributed by atoms with van der Waals surface area (Å²) in [4.78, 5) is 11.7. The topological polar surface area (TPSA) is 38.3 Å². The van der Waals surface area contributed by atoms with Crippen LogP contribution in [0, 0.1) is 5.82 Å². The van der Waals surface area contributed by atoms with Gasteiger partial charge in [-0.3, -0.25) is 4.79 Å². The molecule has 0 spiro atoms. The minimum Gasteiger partial charge on any atom is -0.497 e. The van der Waals surface area contributed by atoms with Crippen molar-refractivity contribution in [3.05, 3.63) is 64.4 Å². The van der Waals surface area contributed by atoms with E-state index in [2.05, 4.69) is 21.2 Å². The average molecular weight is 350 g/mol. The van der Waals surface area contributed by atoms with E-state index in [9.17, 15) is 9.18 Å². The van der Waals surface area contributed by atoms with Crippen molar-refractivity contribution in [1.29, 1.82) is 0 Å². The maximum Gasteiger partial charge on any atom is 0.248 e. The van der Waals surface area contributed by atoms with Gasteiger partial charge in [-0.2, -0.15) is 0 Å². The fraction of sp³-hybridized carbons (Fsp3) is 0.0625. The zero-order valence-corrected chi connectivity index (χ0v) is 12.9. The number of hydrogen-bond acceptors (Lipinski definition) is 2. The number of carbonyl (C=O) groups is 1. The van der Waals surface area contributed by atoms with E-state index in [1.807, 2.05) is 24.3 Å². The fourth-order valence-corrected chi connectivity index (χ4v) is 1.89. The van der Waals surface area contributed by atoms with Crippen molar-refractivity contribution >= 4 is 33.6 Å². The number of halogens is 2. The van der Waals surface area contributed by atoms with E-state index in [0.717, 1.165) is 11.3 Å². The van der Waals surface area contributed by atoms with Crippen LogP contribution in [0.15, 0.2) is 53.0 Å². The van der Waals surface area contributed by atoms with Gasteiger partial charge in [0, 0.05) is 11.8 Å². The summed E-state index contributed by atoms with van der Waals surface area (Å²) in [6, 6.07) is 11.7. The minimum atomic E-state index is -0.424. The fourth-order valence-electron chi connectivity index (χ4n) is 1.64. The molecule has 0 aliphatic rings. The standard InChI is InChI=1S/C16H13BrFNO2/c1-21-13-6-2-11(3-7-13)4-9-16(20)19-12-5-8-14(17)15(18)10-12/h2-10H,1H3,(H,19,20). The van der Waals surface area contributed by atoms with Gasteiger partial charge in [-0.25, -0.2) is 4.39 Å². The van der Waals surface area contributed by atoms with Gasteiger partial charge < -0.3 is 10.1 Å². The Labute approximate surface area is 130 Å². The highest BCUT2D eigenvalue weighted by Gasteiger charge is 2.02. The maximum absolute atomic E-state index is 13.3. The lowest BCUT2D eigenvalue weighted by Gasteiger charge is -2.03. The number of benzene rings is 2. The molecule has 108 valence electrons. The van der Waals surface area contributed by atoms with Gasteiger partial charge in [0.15, 0.2) is 0 Å². The largest absolute Gasteiger partial charge is 0.497 e. The molecule has 2 aromatic rings. The van der Waals surface area contributed by atoms with Gasteiger partial charge in [-0.05, 0) is 57.9 Å². The molecule has 2 rings (SSSR count). The van der Waals surface area contributed by atoms with Crippen LogP contribution in [-0.2, 0) is 4.79 Å². The van der Waals surface area contributed by atoms with Crippen LogP contribution in [0.2, 0.25) is 0 Å². The highest BCUT2D eigenvalue weighted by Crippen LogP contribution is 2.19. The monoisotopic (exact) mass is 349 g/mol. The van der Waals surface area contributed by atoms with Gasteiger partial charge in [-0.15, -0.1) is 0 Å². The quantitative estimate of drug-likeness (QED) is 0.838. The number of hydrogen-bond donors (Lipinski definition) is 1. The first kappa shape index (κ1) is 15.3. The molecule has 0 aliphatic carbocycles. The third-order valence-electron chi connectivity index (χ3n) is 2.73. The Morgan fingerprint density at radius 1 is 1.24 bits per heavy atom. The van der Waals surface area contributed by atoms with E-state index in [-0.39, 0.29) is 5.91 Å². The zero-order valence-electron chi connectivity index (χ0n) is 11.3. The number of amides is 1. The van der Waals surface area contributed by atoms with Crippen LogP contribution in [0.25, 0.3) is 6.08 Å². The van der Waals surface area contributed by atoms with Crippen LogP contribution in [-0.4, -0.2) is 13.0 Å². The van der Waals surface area contributed by atoms with Crippen molar-refractivity contribution in [3.63, 3.8) is 0 Å². The summed E-state index contributed by atoms with van der Waals surface area (Å²) in [5.74, 6) is 0.00131. The summed E-state index contributed by atoms with van der Waals surface area (Å²) in [7, 11) is 1.59. The lowest BCUT2D eigenvalue weighted by Crippen LogP contribution is -2.07. The van der Waals surface area contributed by atoms with Crippen molar-refractivity contribution in [2.45, 2.75) is 0 Å². The smallest absolute Gasteiger partial charge is 0.248 e. The molecule has 0 heterocycles. The normalized spacial score (nSPS) is 10.6. The second-order valence-electron chi connectivity index (χ2n) is 4.22. The van der Waals surface area contributed by atoms with Crippen LogP contribution in [0.4, 0.5) is 10.1 Å². The highest BCUT2D eigenvalue weighted by molar-refractivity contribution is 9.10. The lowest BCUT2D eigenvalue weighted by atomic mass is 10.2. The molecule has 0 bridgehead atoms. The molecule has 0 unspecified atom stereocenters. The first-order valence-corrected chi connectivity index (χ1v) is 6.96. The third kappa shape index (κ3) is 4.43. The lowest BCUT2D eigenvalue weighted by molar-refractivity contribution is -0.111.